The molecule has 0 saturated carbocycles. The molecule has 0 radical (unpaired) electrons. The van der Waals surface area contributed by atoms with Gasteiger partial charge in [0, 0.05) is 6.54 Å². The number of carbonyl (C=O) groups excluding carboxylic acids is 1. The normalized spacial score (nSPS) is 17.3. The van der Waals surface area contributed by atoms with Gasteiger partial charge in [0.1, 0.15) is 6.61 Å². The van der Waals surface area contributed by atoms with Crippen LogP contribution in [0.4, 0.5) is 0 Å². The zero-order chi connectivity index (χ0) is 12.8. The van der Waals surface area contributed by atoms with E-state index in [2.05, 4.69) is 12.2 Å². The van der Waals surface area contributed by atoms with Crippen LogP contribution in [0.5, 0.6) is 11.5 Å². The van der Waals surface area contributed by atoms with E-state index in [4.69, 9.17) is 9.47 Å². The topological polar surface area (TPSA) is 47.6 Å². The van der Waals surface area contributed by atoms with E-state index in [0.29, 0.717) is 18.0 Å². The lowest BCUT2D eigenvalue weighted by molar-refractivity contribution is -0.130. The van der Waals surface area contributed by atoms with Crippen molar-refractivity contribution in [2.45, 2.75) is 32.3 Å². The second-order valence-electron chi connectivity index (χ2n) is 4.36. The average Bonchev–Trinajstić information content (AvgIpc) is 2.43. The van der Waals surface area contributed by atoms with Gasteiger partial charge in [-0.15, -0.1) is 0 Å². The predicted octanol–water partition coefficient (Wildman–Crippen LogP) is 2.13. The quantitative estimate of drug-likeness (QED) is 0.813. The zero-order valence-electron chi connectivity index (χ0n) is 10.6. The lowest BCUT2D eigenvalue weighted by Gasteiger charge is -2.25. The number of benzene rings is 1. The van der Waals surface area contributed by atoms with Crippen LogP contribution in [0.1, 0.15) is 26.2 Å². The second-order valence-corrected chi connectivity index (χ2v) is 4.36. The van der Waals surface area contributed by atoms with Crippen molar-refractivity contribution in [2.24, 2.45) is 0 Å². The first kappa shape index (κ1) is 12.7. The van der Waals surface area contributed by atoms with Gasteiger partial charge in [-0.1, -0.05) is 31.9 Å². The average molecular weight is 249 g/mol. The molecule has 4 heteroatoms. The summed E-state index contributed by atoms with van der Waals surface area (Å²) in [6, 6.07) is 7.40. The van der Waals surface area contributed by atoms with Crippen molar-refractivity contribution in [2.75, 3.05) is 13.2 Å². The molecule has 1 aliphatic heterocycles. The molecular weight excluding hydrogens is 230 g/mol. The molecule has 1 aromatic carbocycles. The minimum absolute atomic E-state index is 0.0967. The van der Waals surface area contributed by atoms with E-state index in [-0.39, 0.29) is 12.5 Å². The molecular formula is C14H19NO3. The van der Waals surface area contributed by atoms with Crippen LogP contribution in [0.15, 0.2) is 24.3 Å². The Labute approximate surface area is 107 Å². The largest absolute Gasteiger partial charge is 0.485 e. The standard InChI is InChI=1S/C14H19NO3/c1-2-3-6-9-15-14(16)13-10-17-11-7-4-5-8-12(11)18-13/h4-5,7-8,13H,2-3,6,9-10H2,1H3,(H,15,16)/t13-/m1/s1. The predicted molar refractivity (Wildman–Crippen MR) is 68.9 cm³/mol. The summed E-state index contributed by atoms with van der Waals surface area (Å²) in [6.45, 7) is 3.11. The Bertz CT molecular complexity index is 406. The van der Waals surface area contributed by atoms with Crippen LogP contribution in [0.25, 0.3) is 0 Å². The Balaban J connectivity index is 1.83. The van der Waals surface area contributed by atoms with Gasteiger partial charge >= 0.3 is 0 Å². The molecule has 18 heavy (non-hydrogen) atoms. The number of hydrogen-bond donors (Lipinski definition) is 1. The molecule has 1 atom stereocenters. The summed E-state index contributed by atoms with van der Waals surface area (Å²) in [5, 5.41) is 2.87. The Hall–Kier alpha value is -1.71. The molecule has 98 valence electrons. The fraction of sp³-hybridized carbons (Fsp3) is 0.500. The van der Waals surface area contributed by atoms with Crippen molar-refractivity contribution < 1.29 is 14.3 Å². The van der Waals surface area contributed by atoms with E-state index < -0.39 is 6.10 Å². The van der Waals surface area contributed by atoms with Gasteiger partial charge in [-0.3, -0.25) is 4.79 Å². The molecule has 0 unspecified atom stereocenters. The summed E-state index contributed by atoms with van der Waals surface area (Å²) in [6.07, 6.45) is 2.74. The van der Waals surface area contributed by atoms with Crippen molar-refractivity contribution in [1.82, 2.24) is 5.32 Å². The highest BCUT2D eigenvalue weighted by atomic mass is 16.6. The zero-order valence-corrected chi connectivity index (χ0v) is 10.6. The molecule has 0 aromatic heterocycles. The maximum absolute atomic E-state index is 11.9. The van der Waals surface area contributed by atoms with Crippen LogP contribution in [0.3, 0.4) is 0 Å². The number of fused-ring (bicyclic) bond motifs is 1. The van der Waals surface area contributed by atoms with Gasteiger partial charge in [0.15, 0.2) is 11.5 Å². The number of amides is 1. The number of unbranched alkanes of at least 4 members (excludes halogenated alkanes) is 2. The summed E-state index contributed by atoms with van der Waals surface area (Å²) in [5.41, 5.74) is 0. The molecule has 0 fully saturated rings. The molecule has 2 rings (SSSR count). The summed E-state index contributed by atoms with van der Waals surface area (Å²) in [7, 11) is 0. The molecule has 0 aliphatic carbocycles. The van der Waals surface area contributed by atoms with Gasteiger partial charge in [-0.25, -0.2) is 0 Å². The van der Waals surface area contributed by atoms with Crippen LogP contribution in [-0.4, -0.2) is 25.2 Å². The third-order valence-corrected chi connectivity index (χ3v) is 2.88. The number of hydrogen-bond acceptors (Lipinski definition) is 3. The van der Waals surface area contributed by atoms with E-state index in [1.165, 1.54) is 0 Å². The molecule has 1 amide bonds. The van der Waals surface area contributed by atoms with Crippen LogP contribution < -0.4 is 14.8 Å². The second kappa shape index (κ2) is 6.28. The Morgan fingerprint density at radius 2 is 2.11 bits per heavy atom. The molecule has 0 saturated heterocycles. The monoisotopic (exact) mass is 249 g/mol. The van der Waals surface area contributed by atoms with Gasteiger partial charge in [0.25, 0.3) is 5.91 Å². The lowest BCUT2D eigenvalue weighted by Crippen LogP contribution is -2.44. The first-order valence-corrected chi connectivity index (χ1v) is 6.47. The Morgan fingerprint density at radius 3 is 2.89 bits per heavy atom. The Kier molecular flexibility index (Phi) is 4.45. The number of rotatable bonds is 5. The van der Waals surface area contributed by atoms with E-state index in [0.717, 1.165) is 19.3 Å². The van der Waals surface area contributed by atoms with Crippen LogP contribution in [0, 0.1) is 0 Å². The van der Waals surface area contributed by atoms with E-state index in [1.807, 2.05) is 24.3 Å². The molecule has 4 nitrogen and oxygen atoms in total. The number of para-hydroxylation sites is 2. The minimum atomic E-state index is -0.540. The van der Waals surface area contributed by atoms with Gasteiger partial charge in [-0.05, 0) is 18.6 Å². The molecule has 1 aliphatic rings. The highest BCUT2D eigenvalue weighted by molar-refractivity contribution is 5.81. The molecule has 0 spiro atoms. The van der Waals surface area contributed by atoms with Crippen molar-refractivity contribution >= 4 is 5.91 Å². The molecule has 0 bridgehead atoms. The number of ether oxygens (including phenoxy) is 2. The van der Waals surface area contributed by atoms with Crippen LogP contribution in [-0.2, 0) is 4.79 Å². The smallest absolute Gasteiger partial charge is 0.264 e. The van der Waals surface area contributed by atoms with Gasteiger partial charge in [-0.2, -0.15) is 0 Å². The van der Waals surface area contributed by atoms with Gasteiger partial charge in [0.05, 0.1) is 0 Å². The van der Waals surface area contributed by atoms with E-state index in [1.54, 1.807) is 0 Å². The summed E-state index contributed by atoms with van der Waals surface area (Å²) in [4.78, 5) is 11.9. The highest BCUT2D eigenvalue weighted by Gasteiger charge is 2.26. The molecule has 1 N–H and O–H groups in total. The molecule has 1 heterocycles. The summed E-state index contributed by atoms with van der Waals surface area (Å²) < 4.78 is 11.1. The van der Waals surface area contributed by atoms with Crippen molar-refractivity contribution in [3.63, 3.8) is 0 Å². The van der Waals surface area contributed by atoms with Crippen LogP contribution >= 0.6 is 0 Å². The van der Waals surface area contributed by atoms with Crippen molar-refractivity contribution in [3.8, 4) is 11.5 Å². The van der Waals surface area contributed by atoms with E-state index >= 15 is 0 Å². The first-order valence-electron chi connectivity index (χ1n) is 6.47. The van der Waals surface area contributed by atoms with Crippen molar-refractivity contribution in [1.29, 1.82) is 0 Å². The lowest BCUT2D eigenvalue weighted by atomic mass is 10.2. The third-order valence-electron chi connectivity index (χ3n) is 2.88. The Morgan fingerprint density at radius 1 is 1.33 bits per heavy atom. The van der Waals surface area contributed by atoms with Crippen LogP contribution in [0.2, 0.25) is 0 Å². The molecule has 1 aromatic rings. The number of carbonyl (C=O) groups is 1. The fourth-order valence-electron chi connectivity index (χ4n) is 1.85. The van der Waals surface area contributed by atoms with E-state index in [9.17, 15) is 4.79 Å². The van der Waals surface area contributed by atoms with Gasteiger partial charge < -0.3 is 14.8 Å². The SMILES string of the molecule is CCCCCNC(=O)[C@H]1COc2ccccc2O1. The summed E-state index contributed by atoms with van der Waals surface area (Å²) >= 11 is 0. The number of nitrogens with one attached hydrogen (secondary N) is 1. The van der Waals surface area contributed by atoms with Crippen molar-refractivity contribution in [3.05, 3.63) is 24.3 Å². The summed E-state index contributed by atoms with van der Waals surface area (Å²) in [5.74, 6) is 1.24. The highest BCUT2D eigenvalue weighted by Crippen LogP contribution is 2.30. The third kappa shape index (κ3) is 3.15. The maximum Gasteiger partial charge on any atom is 0.264 e. The maximum atomic E-state index is 11.9. The first-order chi connectivity index (χ1) is 8.81. The van der Waals surface area contributed by atoms with Gasteiger partial charge in [0.2, 0.25) is 6.10 Å². The fourth-order valence-corrected chi connectivity index (χ4v) is 1.85. The minimum Gasteiger partial charge on any atom is -0.485 e.